The van der Waals surface area contributed by atoms with Crippen LogP contribution in [0.1, 0.15) is 65.6 Å². The average molecular weight is 613 g/mol. The number of aromatic carboxylic acids is 1. The third-order valence-corrected chi connectivity index (χ3v) is 8.98. The first-order valence-corrected chi connectivity index (χ1v) is 15.3. The van der Waals surface area contributed by atoms with Gasteiger partial charge in [0.2, 0.25) is 0 Å². The van der Waals surface area contributed by atoms with E-state index in [2.05, 4.69) is 10.2 Å². The highest BCUT2D eigenvalue weighted by atomic mass is 32.2. The Labute approximate surface area is 253 Å². The normalized spacial score (nSPS) is 17.2. The molecule has 43 heavy (non-hydrogen) atoms. The van der Waals surface area contributed by atoms with E-state index >= 15 is 0 Å². The number of rotatable bonds is 11. The number of methoxy groups -OCH3 is 1. The van der Waals surface area contributed by atoms with Gasteiger partial charge in [-0.15, -0.1) is 0 Å². The lowest BCUT2D eigenvalue weighted by Crippen LogP contribution is -2.41. The van der Waals surface area contributed by atoms with Crippen LogP contribution in [0.3, 0.4) is 0 Å². The van der Waals surface area contributed by atoms with Crippen molar-refractivity contribution in [3.8, 4) is 11.5 Å². The predicted octanol–water partition coefficient (Wildman–Crippen LogP) is 8.39. The van der Waals surface area contributed by atoms with Crippen LogP contribution in [0.2, 0.25) is 0 Å². The van der Waals surface area contributed by atoms with Gasteiger partial charge in [0, 0.05) is 17.8 Å². The van der Waals surface area contributed by atoms with Gasteiger partial charge in [-0.25, -0.2) is 4.79 Å². The van der Waals surface area contributed by atoms with Crippen molar-refractivity contribution in [1.82, 2.24) is 5.32 Å². The number of carboxylic acid groups (broad SMARTS) is 1. The summed E-state index contributed by atoms with van der Waals surface area (Å²) in [4.78, 5) is 13.7. The van der Waals surface area contributed by atoms with Gasteiger partial charge >= 0.3 is 12.1 Å². The molecule has 6 nitrogen and oxygen atoms in total. The maximum atomic E-state index is 13.0. The smallest absolute Gasteiger partial charge is 0.416 e. The van der Waals surface area contributed by atoms with Crippen LogP contribution in [0.4, 0.5) is 18.9 Å². The lowest BCUT2D eigenvalue weighted by atomic mass is 9.87. The van der Waals surface area contributed by atoms with Gasteiger partial charge in [-0.2, -0.15) is 13.2 Å². The van der Waals surface area contributed by atoms with Crippen molar-refractivity contribution in [3.63, 3.8) is 0 Å². The second-order valence-electron chi connectivity index (χ2n) is 10.8. The SMILES string of the molecule is COc1ccc(OCc2ccc(C(F)(F)F)cc2)c(C2=CSC(N(CCC3CCCCC3)c3ccc(C(=O)O)cc3)N2)c1. The van der Waals surface area contributed by atoms with E-state index in [1.54, 1.807) is 43.1 Å². The van der Waals surface area contributed by atoms with Gasteiger partial charge in [0.1, 0.15) is 18.1 Å². The summed E-state index contributed by atoms with van der Waals surface area (Å²) in [6, 6.07) is 17.4. The fourth-order valence-corrected chi connectivity index (χ4v) is 6.55. The van der Waals surface area contributed by atoms with Crippen molar-refractivity contribution in [2.24, 2.45) is 5.92 Å². The zero-order valence-electron chi connectivity index (χ0n) is 23.9. The molecule has 0 amide bonds. The van der Waals surface area contributed by atoms with E-state index in [9.17, 15) is 23.1 Å². The Balaban J connectivity index is 1.33. The molecule has 3 aromatic carbocycles. The molecule has 10 heteroatoms. The zero-order valence-corrected chi connectivity index (χ0v) is 24.7. The summed E-state index contributed by atoms with van der Waals surface area (Å²) in [5, 5.41) is 15.0. The van der Waals surface area contributed by atoms with Crippen LogP contribution in [0, 0.1) is 5.92 Å². The molecule has 5 rings (SSSR count). The van der Waals surface area contributed by atoms with Crippen molar-refractivity contribution in [1.29, 1.82) is 0 Å². The Hall–Kier alpha value is -3.79. The van der Waals surface area contributed by atoms with Crippen molar-refractivity contribution in [3.05, 3.63) is 94.4 Å². The molecule has 2 aliphatic rings. The number of nitrogens with zero attached hydrogens (tertiary/aromatic N) is 1. The highest BCUT2D eigenvalue weighted by Crippen LogP contribution is 2.38. The molecule has 228 valence electrons. The summed E-state index contributed by atoms with van der Waals surface area (Å²) < 4.78 is 50.5. The van der Waals surface area contributed by atoms with Crippen LogP contribution >= 0.6 is 11.8 Å². The topological polar surface area (TPSA) is 71.0 Å². The Kier molecular flexibility index (Phi) is 9.75. The Morgan fingerprint density at radius 2 is 1.74 bits per heavy atom. The Morgan fingerprint density at radius 3 is 2.40 bits per heavy atom. The van der Waals surface area contributed by atoms with Crippen molar-refractivity contribution in [2.75, 3.05) is 18.6 Å². The number of nitrogens with one attached hydrogen (secondary N) is 1. The van der Waals surface area contributed by atoms with Gasteiger partial charge in [-0.05, 0) is 77.9 Å². The second-order valence-corrected chi connectivity index (χ2v) is 11.8. The summed E-state index contributed by atoms with van der Waals surface area (Å²) in [6.45, 7) is 0.920. The van der Waals surface area contributed by atoms with E-state index in [0.717, 1.165) is 42.0 Å². The molecule has 0 spiro atoms. The number of carboxylic acids is 1. The molecule has 1 atom stereocenters. The van der Waals surface area contributed by atoms with E-state index in [4.69, 9.17) is 9.47 Å². The van der Waals surface area contributed by atoms with E-state index < -0.39 is 17.7 Å². The number of alkyl halides is 3. The van der Waals surface area contributed by atoms with Crippen LogP contribution in [0.25, 0.3) is 5.70 Å². The molecule has 0 bridgehead atoms. The van der Waals surface area contributed by atoms with Crippen LogP contribution in [-0.2, 0) is 12.8 Å². The van der Waals surface area contributed by atoms with Crippen molar-refractivity contribution < 1.29 is 32.5 Å². The minimum Gasteiger partial charge on any atom is -0.497 e. The van der Waals surface area contributed by atoms with Crippen LogP contribution < -0.4 is 19.7 Å². The molecular weight excluding hydrogens is 577 g/mol. The first-order valence-electron chi connectivity index (χ1n) is 14.4. The molecule has 1 unspecified atom stereocenters. The maximum Gasteiger partial charge on any atom is 0.416 e. The number of hydrogen-bond acceptors (Lipinski definition) is 6. The highest BCUT2D eigenvalue weighted by Gasteiger charge is 2.30. The number of benzene rings is 3. The Bertz CT molecular complexity index is 1420. The van der Waals surface area contributed by atoms with E-state index in [-0.39, 0.29) is 17.7 Å². The lowest BCUT2D eigenvalue weighted by molar-refractivity contribution is -0.137. The number of anilines is 1. The van der Waals surface area contributed by atoms with E-state index in [1.807, 2.05) is 23.6 Å². The molecule has 0 aromatic heterocycles. The van der Waals surface area contributed by atoms with Crippen LogP contribution in [0.15, 0.2) is 72.1 Å². The Morgan fingerprint density at radius 1 is 1.02 bits per heavy atom. The van der Waals surface area contributed by atoms with Gasteiger partial charge in [-0.3, -0.25) is 0 Å². The highest BCUT2D eigenvalue weighted by molar-refractivity contribution is 8.03. The van der Waals surface area contributed by atoms with Gasteiger partial charge in [0.05, 0.1) is 23.9 Å². The van der Waals surface area contributed by atoms with E-state index in [1.165, 1.54) is 44.2 Å². The van der Waals surface area contributed by atoms with Crippen molar-refractivity contribution >= 4 is 29.1 Å². The zero-order chi connectivity index (χ0) is 30.4. The van der Waals surface area contributed by atoms with Gasteiger partial charge in [-0.1, -0.05) is 56.0 Å². The van der Waals surface area contributed by atoms with Crippen LogP contribution in [0.5, 0.6) is 11.5 Å². The number of carbonyl (C=O) groups is 1. The van der Waals surface area contributed by atoms with Crippen LogP contribution in [-0.4, -0.2) is 30.2 Å². The fraction of sp³-hybridized carbons (Fsp3) is 0.364. The lowest BCUT2D eigenvalue weighted by Gasteiger charge is -2.33. The monoisotopic (exact) mass is 612 g/mol. The van der Waals surface area contributed by atoms with Gasteiger partial charge in [0.15, 0.2) is 5.50 Å². The molecule has 1 aliphatic carbocycles. The average Bonchev–Trinajstić information content (AvgIpc) is 3.50. The third kappa shape index (κ3) is 7.79. The number of thioether (sulfide) groups is 1. The molecular formula is C33H35F3N2O4S. The van der Waals surface area contributed by atoms with Crippen molar-refractivity contribution in [2.45, 2.75) is 56.8 Å². The van der Waals surface area contributed by atoms with E-state index in [0.29, 0.717) is 23.0 Å². The molecule has 2 N–H and O–H groups in total. The first kappa shape index (κ1) is 30.7. The molecule has 3 aromatic rings. The summed E-state index contributed by atoms with van der Waals surface area (Å²) in [5.41, 5.74) is 2.57. The summed E-state index contributed by atoms with van der Waals surface area (Å²) >= 11 is 1.62. The summed E-state index contributed by atoms with van der Waals surface area (Å²) in [7, 11) is 1.59. The maximum absolute atomic E-state index is 13.0. The number of ether oxygens (including phenoxy) is 2. The molecule has 1 aliphatic heterocycles. The molecule has 1 fully saturated rings. The first-order chi connectivity index (χ1) is 20.7. The number of halogens is 3. The second kappa shape index (κ2) is 13.7. The standard InChI is InChI=1S/C33H35F3N2O4S/c1-41-27-15-16-30(42-20-23-7-11-25(12-8-23)33(34,35)36)28(19-27)29-21-43-32(37-29)38(18-17-22-5-3-2-4-6-22)26-13-9-24(10-14-26)31(39)40/h7-16,19,21-22,32,37H,2-6,17-18,20H2,1H3,(H,39,40). The third-order valence-electron chi connectivity index (χ3n) is 7.98. The minimum absolute atomic E-state index is 0.102. The predicted molar refractivity (Wildman–Crippen MR) is 163 cm³/mol. The largest absolute Gasteiger partial charge is 0.497 e. The quantitative estimate of drug-likeness (QED) is 0.225. The molecule has 0 saturated heterocycles. The summed E-state index contributed by atoms with van der Waals surface area (Å²) in [5.74, 6) is 0.933. The number of hydrogen-bond donors (Lipinski definition) is 2. The van der Waals surface area contributed by atoms with Gasteiger partial charge in [0.25, 0.3) is 0 Å². The minimum atomic E-state index is -4.39. The summed E-state index contributed by atoms with van der Waals surface area (Å²) in [6.07, 6.45) is 2.98. The molecule has 0 radical (unpaired) electrons. The molecule has 1 heterocycles. The molecule has 1 saturated carbocycles. The van der Waals surface area contributed by atoms with Gasteiger partial charge < -0.3 is 24.8 Å². The fourth-order valence-electron chi connectivity index (χ4n) is 5.52.